The van der Waals surface area contributed by atoms with E-state index in [0.29, 0.717) is 5.41 Å². The molecule has 1 saturated carbocycles. The second-order valence-electron chi connectivity index (χ2n) is 5.33. The first-order chi connectivity index (χ1) is 7.13. The van der Waals surface area contributed by atoms with Gasteiger partial charge in [0.1, 0.15) is 6.04 Å². The standard InChI is InChI=1S/C12H21NO2/c1-10(11(14)15)13-8-12(9-13)6-4-2-3-5-7-12/h10H,2-9H2,1H3,(H,14,15). The molecule has 2 fully saturated rings. The molecule has 1 saturated heterocycles. The molecule has 0 aromatic heterocycles. The Labute approximate surface area is 91.5 Å². The molecular weight excluding hydrogens is 190 g/mol. The molecule has 15 heavy (non-hydrogen) atoms. The van der Waals surface area contributed by atoms with Crippen LogP contribution in [0.3, 0.4) is 0 Å². The summed E-state index contributed by atoms with van der Waals surface area (Å²) in [5.74, 6) is -0.682. The molecule has 2 rings (SSSR count). The van der Waals surface area contributed by atoms with E-state index in [9.17, 15) is 4.79 Å². The van der Waals surface area contributed by atoms with E-state index < -0.39 is 5.97 Å². The average molecular weight is 211 g/mol. The number of aliphatic carboxylic acids is 1. The molecule has 1 atom stereocenters. The van der Waals surface area contributed by atoms with Crippen LogP contribution in [0.1, 0.15) is 45.4 Å². The van der Waals surface area contributed by atoms with Gasteiger partial charge < -0.3 is 5.11 Å². The van der Waals surface area contributed by atoms with Gasteiger partial charge in [-0.3, -0.25) is 9.69 Å². The minimum Gasteiger partial charge on any atom is -0.480 e. The molecule has 3 nitrogen and oxygen atoms in total. The fraction of sp³-hybridized carbons (Fsp3) is 0.917. The Balaban J connectivity index is 1.87. The lowest BCUT2D eigenvalue weighted by molar-refractivity contribution is -0.148. The summed E-state index contributed by atoms with van der Waals surface area (Å²) in [6, 6.07) is -0.293. The van der Waals surface area contributed by atoms with E-state index in [2.05, 4.69) is 4.90 Å². The van der Waals surface area contributed by atoms with Crippen LogP contribution in [-0.2, 0) is 4.79 Å². The maximum Gasteiger partial charge on any atom is 0.320 e. The molecular formula is C12H21NO2. The first kappa shape index (κ1) is 10.9. The first-order valence-electron chi connectivity index (χ1n) is 6.10. The van der Waals surface area contributed by atoms with Gasteiger partial charge in [0.15, 0.2) is 0 Å². The third-order valence-corrected chi connectivity index (χ3v) is 4.15. The Kier molecular flexibility index (Phi) is 3.01. The van der Waals surface area contributed by atoms with Crippen molar-refractivity contribution in [1.82, 2.24) is 4.90 Å². The van der Waals surface area contributed by atoms with Crippen LogP contribution >= 0.6 is 0 Å². The second-order valence-corrected chi connectivity index (χ2v) is 5.33. The summed E-state index contributed by atoms with van der Waals surface area (Å²) in [6.07, 6.45) is 8.06. The topological polar surface area (TPSA) is 40.5 Å². The minimum absolute atomic E-state index is 0.293. The minimum atomic E-state index is -0.682. The van der Waals surface area contributed by atoms with Crippen molar-refractivity contribution in [2.75, 3.05) is 13.1 Å². The summed E-state index contributed by atoms with van der Waals surface area (Å²) in [4.78, 5) is 12.9. The van der Waals surface area contributed by atoms with E-state index in [4.69, 9.17) is 5.11 Å². The van der Waals surface area contributed by atoms with Crippen molar-refractivity contribution >= 4 is 5.97 Å². The largest absolute Gasteiger partial charge is 0.480 e. The highest BCUT2D eigenvalue weighted by molar-refractivity contribution is 5.73. The van der Waals surface area contributed by atoms with E-state index in [1.807, 2.05) is 0 Å². The number of nitrogens with zero attached hydrogens (tertiary/aromatic N) is 1. The maximum atomic E-state index is 10.8. The molecule has 2 aliphatic rings. The SMILES string of the molecule is CC(C(=O)O)N1CC2(CCCCCC2)C1. The highest BCUT2D eigenvalue weighted by Crippen LogP contribution is 2.43. The number of carbonyl (C=O) groups is 1. The van der Waals surface area contributed by atoms with Crippen molar-refractivity contribution in [1.29, 1.82) is 0 Å². The van der Waals surface area contributed by atoms with Crippen LogP contribution < -0.4 is 0 Å². The monoisotopic (exact) mass is 211 g/mol. The number of carboxylic acid groups (broad SMARTS) is 1. The molecule has 1 unspecified atom stereocenters. The van der Waals surface area contributed by atoms with Gasteiger partial charge in [-0.2, -0.15) is 0 Å². The Morgan fingerprint density at radius 1 is 1.20 bits per heavy atom. The Morgan fingerprint density at radius 2 is 1.73 bits per heavy atom. The van der Waals surface area contributed by atoms with E-state index in [1.54, 1.807) is 6.92 Å². The lowest BCUT2D eigenvalue weighted by Crippen LogP contribution is -2.60. The first-order valence-corrected chi connectivity index (χ1v) is 6.10. The van der Waals surface area contributed by atoms with Gasteiger partial charge in [-0.25, -0.2) is 0 Å². The molecule has 1 N–H and O–H groups in total. The molecule has 0 amide bonds. The molecule has 1 aliphatic heterocycles. The normalized spacial score (nSPS) is 28.1. The molecule has 1 spiro atoms. The number of hydrogen-bond acceptors (Lipinski definition) is 2. The van der Waals surface area contributed by atoms with Crippen LogP contribution in [0.4, 0.5) is 0 Å². The molecule has 0 aromatic carbocycles. The quantitative estimate of drug-likeness (QED) is 0.760. The Morgan fingerprint density at radius 3 is 2.20 bits per heavy atom. The predicted molar refractivity (Wildman–Crippen MR) is 58.8 cm³/mol. The maximum absolute atomic E-state index is 10.8. The van der Waals surface area contributed by atoms with E-state index in [-0.39, 0.29) is 6.04 Å². The van der Waals surface area contributed by atoms with Crippen molar-refractivity contribution < 1.29 is 9.90 Å². The van der Waals surface area contributed by atoms with Gasteiger partial charge in [0.2, 0.25) is 0 Å². The summed E-state index contributed by atoms with van der Waals surface area (Å²) < 4.78 is 0. The van der Waals surface area contributed by atoms with Gasteiger partial charge in [0.25, 0.3) is 0 Å². The van der Waals surface area contributed by atoms with Crippen molar-refractivity contribution in [3.05, 3.63) is 0 Å². The van der Waals surface area contributed by atoms with Gasteiger partial charge in [-0.05, 0) is 25.2 Å². The summed E-state index contributed by atoms with van der Waals surface area (Å²) in [6.45, 7) is 3.83. The van der Waals surface area contributed by atoms with Gasteiger partial charge in [0.05, 0.1) is 0 Å². The molecule has 0 aromatic rings. The highest BCUT2D eigenvalue weighted by Gasteiger charge is 2.45. The number of rotatable bonds is 2. The number of likely N-dealkylation sites (tertiary alicyclic amines) is 1. The third-order valence-electron chi connectivity index (χ3n) is 4.15. The zero-order valence-electron chi connectivity index (χ0n) is 9.54. The average Bonchev–Trinajstić information content (AvgIpc) is 2.39. The Bertz CT molecular complexity index is 236. The van der Waals surface area contributed by atoms with Gasteiger partial charge in [-0.1, -0.05) is 25.7 Å². The molecule has 3 heteroatoms. The van der Waals surface area contributed by atoms with Gasteiger partial charge in [-0.15, -0.1) is 0 Å². The zero-order valence-corrected chi connectivity index (χ0v) is 9.54. The summed E-state index contributed by atoms with van der Waals surface area (Å²) in [5, 5.41) is 8.92. The summed E-state index contributed by atoms with van der Waals surface area (Å²) in [7, 11) is 0. The summed E-state index contributed by atoms with van der Waals surface area (Å²) in [5.41, 5.74) is 0.486. The van der Waals surface area contributed by atoms with Crippen LogP contribution in [0.25, 0.3) is 0 Å². The van der Waals surface area contributed by atoms with Crippen molar-refractivity contribution in [3.63, 3.8) is 0 Å². The molecule has 86 valence electrons. The molecule has 1 heterocycles. The van der Waals surface area contributed by atoms with Crippen LogP contribution in [0.15, 0.2) is 0 Å². The molecule has 0 radical (unpaired) electrons. The van der Waals surface area contributed by atoms with Crippen molar-refractivity contribution in [2.24, 2.45) is 5.41 Å². The van der Waals surface area contributed by atoms with Crippen molar-refractivity contribution in [2.45, 2.75) is 51.5 Å². The van der Waals surface area contributed by atoms with E-state index >= 15 is 0 Å². The van der Waals surface area contributed by atoms with E-state index in [0.717, 1.165) is 13.1 Å². The van der Waals surface area contributed by atoms with Crippen molar-refractivity contribution in [3.8, 4) is 0 Å². The number of carboxylic acids is 1. The van der Waals surface area contributed by atoms with E-state index in [1.165, 1.54) is 38.5 Å². The predicted octanol–water partition coefficient (Wildman–Crippen LogP) is 2.12. The smallest absolute Gasteiger partial charge is 0.320 e. The summed E-state index contributed by atoms with van der Waals surface area (Å²) >= 11 is 0. The van der Waals surface area contributed by atoms with Gasteiger partial charge in [0, 0.05) is 13.1 Å². The fourth-order valence-electron chi connectivity index (χ4n) is 3.04. The molecule has 0 bridgehead atoms. The fourth-order valence-corrected chi connectivity index (χ4v) is 3.04. The lowest BCUT2D eigenvalue weighted by Gasteiger charge is -2.52. The second kappa shape index (κ2) is 4.12. The Hall–Kier alpha value is -0.570. The molecule has 1 aliphatic carbocycles. The number of hydrogen-bond donors (Lipinski definition) is 1. The van der Waals surface area contributed by atoms with Crippen LogP contribution in [0.2, 0.25) is 0 Å². The van der Waals surface area contributed by atoms with Gasteiger partial charge >= 0.3 is 5.97 Å². The van der Waals surface area contributed by atoms with Crippen LogP contribution in [-0.4, -0.2) is 35.1 Å². The van der Waals surface area contributed by atoms with Crippen LogP contribution in [0.5, 0.6) is 0 Å². The van der Waals surface area contributed by atoms with Crippen LogP contribution in [0, 0.1) is 5.41 Å². The third kappa shape index (κ3) is 2.17. The lowest BCUT2D eigenvalue weighted by atomic mass is 9.73. The highest BCUT2D eigenvalue weighted by atomic mass is 16.4. The zero-order chi connectivity index (χ0) is 10.9.